The van der Waals surface area contributed by atoms with Crippen LogP contribution in [0.2, 0.25) is 0 Å². The summed E-state index contributed by atoms with van der Waals surface area (Å²) in [5.41, 5.74) is 1.64. The first-order chi connectivity index (χ1) is 12.0. The molecule has 0 fully saturated rings. The summed E-state index contributed by atoms with van der Waals surface area (Å²) in [5, 5.41) is 2.93. The fraction of sp³-hybridized carbons (Fsp3) is 0.333. The van der Waals surface area contributed by atoms with Gasteiger partial charge in [0.05, 0.1) is 12.1 Å². The Kier molecular flexibility index (Phi) is 6.75. The molecule has 0 aliphatic rings. The minimum Gasteiger partial charge on any atom is -0.491 e. The maximum absolute atomic E-state index is 12.1. The summed E-state index contributed by atoms with van der Waals surface area (Å²) in [6.45, 7) is 5.89. The predicted octanol–water partition coefficient (Wildman–Crippen LogP) is 4.31. The lowest BCUT2D eigenvalue weighted by Crippen LogP contribution is -2.26. The molecule has 1 atom stereocenters. The fourth-order valence-corrected chi connectivity index (χ4v) is 2.50. The summed E-state index contributed by atoms with van der Waals surface area (Å²) in [7, 11) is 0. The van der Waals surface area contributed by atoms with Crippen LogP contribution in [0.15, 0.2) is 54.6 Å². The summed E-state index contributed by atoms with van der Waals surface area (Å²) >= 11 is 0. The van der Waals surface area contributed by atoms with Gasteiger partial charge in [-0.2, -0.15) is 0 Å². The van der Waals surface area contributed by atoms with Gasteiger partial charge in [-0.05, 0) is 38.5 Å². The second-order valence-corrected chi connectivity index (χ2v) is 6.31. The molecule has 1 N–H and O–H groups in total. The van der Waals surface area contributed by atoms with Gasteiger partial charge in [0.15, 0.2) is 5.78 Å². The Hall–Kier alpha value is -2.62. The third kappa shape index (κ3) is 6.07. The molecule has 0 aliphatic carbocycles. The van der Waals surface area contributed by atoms with Gasteiger partial charge in [0.1, 0.15) is 5.75 Å². The van der Waals surface area contributed by atoms with Gasteiger partial charge in [-0.3, -0.25) is 9.59 Å². The third-order valence-corrected chi connectivity index (χ3v) is 3.80. The highest BCUT2D eigenvalue weighted by Crippen LogP contribution is 2.18. The molecule has 1 unspecified atom stereocenters. The highest BCUT2D eigenvalue weighted by molar-refractivity contribution is 5.97. The number of rotatable bonds is 8. The van der Waals surface area contributed by atoms with Crippen LogP contribution in [0.5, 0.6) is 5.75 Å². The van der Waals surface area contributed by atoms with Crippen molar-refractivity contribution in [1.29, 1.82) is 0 Å². The minimum absolute atomic E-state index is 0.0152. The van der Waals surface area contributed by atoms with Crippen LogP contribution in [0.25, 0.3) is 0 Å². The van der Waals surface area contributed by atoms with Crippen LogP contribution in [0.1, 0.15) is 55.6 Å². The number of Topliss-reactive ketones (excluding diaryl/α,β-unsaturated/α-hetero) is 1. The van der Waals surface area contributed by atoms with Gasteiger partial charge in [-0.25, -0.2) is 0 Å². The van der Waals surface area contributed by atoms with Crippen molar-refractivity contribution in [2.45, 2.75) is 45.8 Å². The number of carbonyl (C=O) groups excluding carboxylic acids is 2. The molecule has 2 rings (SSSR count). The van der Waals surface area contributed by atoms with Crippen molar-refractivity contribution in [1.82, 2.24) is 5.32 Å². The van der Waals surface area contributed by atoms with E-state index in [1.165, 1.54) is 0 Å². The quantitative estimate of drug-likeness (QED) is 0.729. The summed E-state index contributed by atoms with van der Waals surface area (Å²) < 4.78 is 5.61. The molecule has 1 amide bonds. The molecule has 0 radical (unpaired) electrons. The number of amides is 1. The Bertz CT molecular complexity index is 693. The molecule has 132 valence electrons. The van der Waals surface area contributed by atoms with E-state index in [9.17, 15) is 9.59 Å². The lowest BCUT2D eigenvalue weighted by Gasteiger charge is -2.15. The van der Waals surface area contributed by atoms with E-state index in [1.807, 2.05) is 63.2 Å². The molecule has 2 aromatic carbocycles. The van der Waals surface area contributed by atoms with Crippen molar-refractivity contribution in [2.24, 2.45) is 0 Å². The molecule has 25 heavy (non-hydrogen) atoms. The van der Waals surface area contributed by atoms with E-state index in [2.05, 4.69) is 5.32 Å². The van der Waals surface area contributed by atoms with Gasteiger partial charge in [-0.15, -0.1) is 0 Å². The van der Waals surface area contributed by atoms with Crippen molar-refractivity contribution < 1.29 is 14.3 Å². The van der Waals surface area contributed by atoms with Crippen molar-refractivity contribution in [3.05, 3.63) is 65.7 Å². The first-order valence-corrected chi connectivity index (χ1v) is 8.60. The van der Waals surface area contributed by atoms with E-state index in [0.717, 1.165) is 11.3 Å². The Morgan fingerprint density at radius 2 is 1.56 bits per heavy atom. The average molecular weight is 339 g/mol. The number of hydrogen-bond donors (Lipinski definition) is 1. The van der Waals surface area contributed by atoms with E-state index in [4.69, 9.17) is 4.74 Å². The predicted molar refractivity (Wildman–Crippen MR) is 98.8 cm³/mol. The monoisotopic (exact) mass is 339 g/mol. The lowest BCUT2D eigenvalue weighted by molar-refractivity contribution is -0.121. The number of ether oxygens (including phenoxy) is 1. The van der Waals surface area contributed by atoms with Crippen molar-refractivity contribution in [2.75, 3.05) is 0 Å². The Labute approximate surface area is 149 Å². The largest absolute Gasteiger partial charge is 0.491 e. The SMILES string of the molecule is CC(C)Oc1ccc(C(C)NC(=O)CCC(=O)c2ccccc2)cc1. The molecular formula is C21H25NO3. The maximum Gasteiger partial charge on any atom is 0.220 e. The maximum atomic E-state index is 12.1. The van der Waals surface area contributed by atoms with E-state index >= 15 is 0 Å². The number of nitrogens with one attached hydrogen (secondary N) is 1. The highest BCUT2D eigenvalue weighted by atomic mass is 16.5. The van der Waals surface area contributed by atoms with E-state index < -0.39 is 0 Å². The summed E-state index contributed by atoms with van der Waals surface area (Å²) in [5.74, 6) is 0.670. The van der Waals surface area contributed by atoms with Crippen molar-refractivity contribution in [3.63, 3.8) is 0 Å². The molecule has 0 saturated heterocycles. The Morgan fingerprint density at radius 1 is 0.920 bits per heavy atom. The van der Waals surface area contributed by atoms with Gasteiger partial charge in [-0.1, -0.05) is 42.5 Å². The molecule has 2 aromatic rings. The molecule has 0 bridgehead atoms. The smallest absolute Gasteiger partial charge is 0.220 e. The normalized spacial score (nSPS) is 11.8. The summed E-state index contributed by atoms with van der Waals surface area (Å²) in [6, 6.07) is 16.6. The zero-order valence-corrected chi connectivity index (χ0v) is 15.0. The van der Waals surface area contributed by atoms with Gasteiger partial charge < -0.3 is 10.1 Å². The fourth-order valence-electron chi connectivity index (χ4n) is 2.50. The van der Waals surface area contributed by atoms with Crippen LogP contribution < -0.4 is 10.1 Å². The Morgan fingerprint density at radius 3 is 2.16 bits per heavy atom. The molecule has 0 aromatic heterocycles. The topological polar surface area (TPSA) is 55.4 Å². The van der Waals surface area contributed by atoms with Crippen LogP contribution in [-0.4, -0.2) is 17.8 Å². The number of hydrogen-bond acceptors (Lipinski definition) is 3. The zero-order chi connectivity index (χ0) is 18.2. The van der Waals surface area contributed by atoms with E-state index in [1.54, 1.807) is 12.1 Å². The second kappa shape index (κ2) is 9.02. The second-order valence-electron chi connectivity index (χ2n) is 6.31. The van der Waals surface area contributed by atoms with Crippen LogP contribution in [0.3, 0.4) is 0 Å². The van der Waals surface area contributed by atoms with Crippen molar-refractivity contribution >= 4 is 11.7 Å². The number of ketones is 1. The van der Waals surface area contributed by atoms with E-state index in [0.29, 0.717) is 5.56 Å². The van der Waals surface area contributed by atoms with Crippen LogP contribution >= 0.6 is 0 Å². The molecule has 0 aliphatic heterocycles. The Balaban J connectivity index is 1.82. The first kappa shape index (κ1) is 18.7. The van der Waals surface area contributed by atoms with Crippen LogP contribution in [0, 0.1) is 0 Å². The van der Waals surface area contributed by atoms with Crippen molar-refractivity contribution in [3.8, 4) is 5.75 Å². The first-order valence-electron chi connectivity index (χ1n) is 8.60. The average Bonchev–Trinajstić information content (AvgIpc) is 2.60. The lowest BCUT2D eigenvalue weighted by atomic mass is 10.1. The molecular weight excluding hydrogens is 314 g/mol. The highest BCUT2D eigenvalue weighted by Gasteiger charge is 2.12. The minimum atomic E-state index is -0.126. The van der Waals surface area contributed by atoms with Gasteiger partial charge in [0.25, 0.3) is 0 Å². The van der Waals surface area contributed by atoms with E-state index in [-0.39, 0.29) is 36.7 Å². The summed E-state index contributed by atoms with van der Waals surface area (Å²) in [4.78, 5) is 24.1. The summed E-state index contributed by atoms with van der Waals surface area (Å²) in [6.07, 6.45) is 0.529. The third-order valence-electron chi connectivity index (χ3n) is 3.80. The molecule has 0 spiro atoms. The number of benzene rings is 2. The van der Waals surface area contributed by atoms with Gasteiger partial charge >= 0.3 is 0 Å². The molecule has 4 heteroatoms. The van der Waals surface area contributed by atoms with Crippen LogP contribution in [0.4, 0.5) is 0 Å². The van der Waals surface area contributed by atoms with Gasteiger partial charge in [0.2, 0.25) is 5.91 Å². The molecule has 4 nitrogen and oxygen atoms in total. The van der Waals surface area contributed by atoms with Gasteiger partial charge in [0, 0.05) is 18.4 Å². The standard InChI is InChI=1S/C21H25NO3/c1-15(2)25-19-11-9-17(10-12-19)16(3)22-21(24)14-13-20(23)18-7-5-4-6-8-18/h4-12,15-16H,13-14H2,1-3H3,(H,22,24). The van der Waals surface area contributed by atoms with Crippen LogP contribution in [-0.2, 0) is 4.79 Å². The number of carbonyl (C=O) groups is 2. The zero-order valence-electron chi connectivity index (χ0n) is 15.0. The molecule has 0 saturated carbocycles. The molecule has 0 heterocycles.